The number of anilines is 1. The zero-order valence-corrected chi connectivity index (χ0v) is 12.6. The van der Waals surface area contributed by atoms with Crippen LogP contribution >= 0.6 is 0 Å². The van der Waals surface area contributed by atoms with E-state index in [9.17, 15) is 0 Å². The first kappa shape index (κ1) is 15.1. The lowest BCUT2D eigenvalue weighted by molar-refractivity contribution is 0.694. The summed E-state index contributed by atoms with van der Waals surface area (Å²) in [6, 6.07) is 18.4. The number of benzene rings is 2. The summed E-state index contributed by atoms with van der Waals surface area (Å²) < 4.78 is 0. The molecule has 1 unspecified atom stereocenters. The van der Waals surface area contributed by atoms with Crippen LogP contribution in [0.3, 0.4) is 0 Å². The molecule has 2 aromatic carbocycles. The molecule has 0 aliphatic carbocycles. The summed E-state index contributed by atoms with van der Waals surface area (Å²) in [6.45, 7) is 0.612. The number of nitrogens with two attached hydrogens (primary N) is 1. The van der Waals surface area contributed by atoms with E-state index in [1.165, 1.54) is 16.8 Å². The molecule has 0 amide bonds. The van der Waals surface area contributed by atoms with E-state index in [1.807, 2.05) is 38.4 Å². The summed E-state index contributed by atoms with van der Waals surface area (Å²) in [5.41, 5.74) is 10.3. The molecule has 1 atom stereocenters. The number of rotatable bonds is 5. The standard InChI is InChI=1S/C18H21N3/c1-21(2)18-9-7-16(8-10-18)17(13-20)11-14-3-5-15(12-19)6-4-14/h3-10,17H,11,13,20H2,1-2H3. The van der Waals surface area contributed by atoms with Gasteiger partial charge in [-0.15, -0.1) is 0 Å². The first-order chi connectivity index (χ1) is 10.1. The second kappa shape index (κ2) is 6.92. The van der Waals surface area contributed by atoms with Gasteiger partial charge in [0.05, 0.1) is 11.6 Å². The van der Waals surface area contributed by atoms with E-state index < -0.39 is 0 Å². The van der Waals surface area contributed by atoms with Crippen molar-refractivity contribution in [3.8, 4) is 6.07 Å². The van der Waals surface area contributed by atoms with E-state index in [1.54, 1.807) is 0 Å². The highest BCUT2D eigenvalue weighted by Gasteiger charge is 2.11. The van der Waals surface area contributed by atoms with E-state index in [-0.39, 0.29) is 0 Å². The van der Waals surface area contributed by atoms with Crippen LogP contribution in [0.2, 0.25) is 0 Å². The monoisotopic (exact) mass is 279 g/mol. The number of hydrogen-bond donors (Lipinski definition) is 1. The van der Waals surface area contributed by atoms with Crippen LogP contribution in [-0.2, 0) is 6.42 Å². The molecule has 2 N–H and O–H groups in total. The first-order valence-electron chi connectivity index (χ1n) is 7.10. The van der Waals surface area contributed by atoms with Crippen LogP contribution in [0.5, 0.6) is 0 Å². The molecule has 0 heterocycles. The number of nitrogens with zero attached hydrogens (tertiary/aromatic N) is 2. The van der Waals surface area contributed by atoms with Crippen molar-refractivity contribution >= 4 is 5.69 Å². The SMILES string of the molecule is CN(C)c1ccc(C(CN)Cc2ccc(C#N)cc2)cc1. The van der Waals surface area contributed by atoms with Gasteiger partial charge in [-0.3, -0.25) is 0 Å². The molecule has 0 aromatic heterocycles. The minimum Gasteiger partial charge on any atom is -0.378 e. The van der Waals surface area contributed by atoms with Gasteiger partial charge in [0.2, 0.25) is 0 Å². The van der Waals surface area contributed by atoms with Crippen LogP contribution in [0, 0.1) is 11.3 Å². The lowest BCUT2D eigenvalue weighted by atomic mass is 9.91. The minimum absolute atomic E-state index is 0.300. The van der Waals surface area contributed by atoms with Gasteiger partial charge < -0.3 is 10.6 Å². The molecular weight excluding hydrogens is 258 g/mol. The van der Waals surface area contributed by atoms with Gasteiger partial charge in [0.25, 0.3) is 0 Å². The van der Waals surface area contributed by atoms with E-state index in [0.29, 0.717) is 18.0 Å². The molecule has 2 rings (SSSR count). The van der Waals surface area contributed by atoms with Crippen molar-refractivity contribution in [1.82, 2.24) is 0 Å². The maximum Gasteiger partial charge on any atom is 0.0991 e. The molecule has 0 bridgehead atoms. The van der Waals surface area contributed by atoms with Crippen molar-refractivity contribution in [2.45, 2.75) is 12.3 Å². The summed E-state index contributed by atoms with van der Waals surface area (Å²) in [7, 11) is 4.07. The Morgan fingerprint density at radius 1 is 1.05 bits per heavy atom. The molecule has 21 heavy (non-hydrogen) atoms. The molecular formula is C18H21N3. The molecule has 0 fully saturated rings. The minimum atomic E-state index is 0.300. The Morgan fingerprint density at radius 2 is 1.67 bits per heavy atom. The third kappa shape index (κ3) is 3.84. The molecule has 3 nitrogen and oxygen atoms in total. The average molecular weight is 279 g/mol. The molecule has 0 spiro atoms. The fraction of sp³-hybridized carbons (Fsp3) is 0.278. The highest BCUT2D eigenvalue weighted by molar-refractivity contribution is 5.46. The van der Waals surface area contributed by atoms with Crippen LogP contribution in [0.25, 0.3) is 0 Å². The van der Waals surface area contributed by atoms with Crippen molar-refractivity contribution in [1.29, 1.82) is 5.26 Å². The van der Waals surface area contributed by atoms with Crippen molar-refractivity contribution in [3.05, 3.63) is 65.2 Å². The molecule has 108 valence electrons. The summed E-state index contributed by atoms with van der Waals surface area (Å²) in [6.07, 6.45) is 0.892. The van der Waals surface area contributed by atoms with Gasteiger partial charge in [-0.1, -0.05) is 24.3 Å². The molecule has 3 heteroatoms. The molecule has 0 saturated carbocycles. The molecule has 0 radical (unpaired) electrons. The predicted octanol–water partition coefficient (Wildman–Crippen LogP) is 2.91. The van der Waals surface area contributed by atoms with Crippen molar-refractivity contribution in [2.24, 2.45) is 5.73 Å². The normalized spacial score (nSPS) is 11.7. The fourth-order valence-electron chi connectivity index (χ4n) is 2.38. The van der Waals surface area contributed by atoms with Crippen molar-refractivity contribution in [2.75, 3.05) is 25.5 Å². The zero-order valence-electron chi connectivity index (χ0n) is 12.6. The van der Waals surface area contributed by atoms with Crippen LogP contribution in [0.4, 0.5) is 5.69 Å². The quantitative estimate of drug-likeness (QED) is 0.915. The Bertz CT molecular complexity index is 606. The van der Waals surface area contributed by atoms with Gasteiger partial charge in [0.15, 0.2) is 0 Å². The summed E-state index contributed by atoms with van der Waals surface area (Å²) in [4.78, 5) is 2.09. The van der Waals surface area contributed by atoms with E-state index in [4.69, 9.17) is 11.0 Å². The topological polar surface area (TPSA) is 53.0 Å². The summed E-state index contributed by atoms with van der Waals surface area (Å²) >= 11 is 0. The lowest BCUT2D eigenvalue weighted by Gasteiger charge is -2.18. The maximum absolute atomic E-state index is 8.83. The average Bonchev–Trinajstić information content (AvgIpc) is 2.53. The third-order valence-electron chi connectivity index (χ3n) is 3.73. The number of nitriles is 1. The van der Waals surface area contributed by atoms with Gasteiger partial charge in [-0.2, -0.15) is 5.26 Å². The van der Waals surface area contributed by atoms with Gasteiger partial charge in [0.1, 0.15) is 0 Å². The van der Waals surface area contributed by atoms with Crippen LogP contribution < -0.4 is 10.6 Å². The van der Waals surface area contributed by atoms with Crippen LogP contribution in [0.15, 0.2) is 48.5 Å². The second-order valence-corrected chi connectivity index (χ2v) is 5.43. The largest absolute Gasteiger partial charge is 0.378 e. The van der Waals surface area contributed by atoms with Gasteiger partial charge in [-0.25, -0.2) is 0 Å². The third-order valence-corrected chi connectivity index (χ3v) is 3.73. The predicted molar refractivity (Wildman–Crippen MR) is 87.4 cm³/mol. The van der Waals surface area contributed by atoms with Gasteiger partial charge in [-0.05, 0) is 48.4 Å². The number of hydrogen-bond acceptors (Lipinski definition) is 3. The van der Waals surface area contributed by atoms with Crippen molar-refractivity contribution < 1.29 is 0 Å². The fourth-order valence-corrected chi connectivity index (χ4v) is 2.38. The van der Waals surface area contributed by atoms with Gasteiger partial charge in [0, 0.05) is 25.7 Å². The molecule has 0 saturated heterocycles. The summed E-state index contributed by atoms with van der Waals surface area (Å²) in [5.74, 6) is 0.300. The maximum atomic E-state index is 8.83. The Balaban J connectivity index is 2.13. The Hall–Kier alpha value is -2.31. The van der Waals surface area contributed by atoms with E-state index in [2.05, 4.69) is 35.2 Å². The second-order valence-electron chi connectivity index (χ2n) is 5.43. The first-order valence-corrected chi connectivity index (χ1v) is 7.10. The van der Waals surface area contributed by atoms with Crippen LogP contribution in [0.1, 0.15) is 22.6 Å². The highest BCUT2D eigenvalue weighted by Crippen LogP contribution is 2.22. The Kier molecular flexibility index (Phi) is 4.97. The summed E-state index contributed by atoms with van der Waals surface area (Å²) in [5, 5.41) is 8.83. The molecule has 0 aliphatic rings. The Labute approximate surface area is 126 Å². The van der Waals surface area contributed by atoms with E-state index in [0.717, 1.165) is 6.42 Å². The molecule has 2 aromatic rings. The van der Waals surface area contributed by atoms with Crippen LogP contribution in [-0.4, -0.2) is 20.6 Å². The van der Waals surface area contributed by atoms with Crippen molar-refractivity contribution in [3.63, 3.8) is 0 Å². The Morgan fingerprint density at radius 3 is 2.14 bits per heavy atom. The van der Waals surface area contributed by atoms with E-state index >= 15 is 0 Å². The zero-order chi connectivity index (χ0) is 15.2. The molecule has 0 aliphatic heterocycles. The highest BCUT2D eigenvalue weighted by atomic mass is 15.1. The lowest BCUT2D eigenvalue weighted by Crippen LogP contribution is -2.15. The van der Waals surface area contributed by atoms with Gasteiger partial charge >= 0.3 is 0 Å². The smallest absolute Gasteiger partial charge is 0.0991 e.